The third-order valence-electron chi connectivity index (χ3n) is 5.57. The van der Waals surface area contributed by atoms with Gasteiger partial charge in [0.1, 0.15) is 29.9 Å². The molecule has 0 unspecified atom stereocenters. The zero-order valence-electron chi connectivity index (χ0n) is 19.0. The summed E-state index contributed by atoms with van der Waals surface area (Å²) in [6.07, 6.45) is 3.52. The van der Waals surface area contributed by atoms with Crippen LogP contribution in [-0.4, -0.2) is 67.7 Å². The van der Waals surface area contributed by atoms with Crippen LogP contribution in [0.3, 0.4) is 0 Å². The van der Waals surface area contributed by atoms with Gasteiger partial charge >= 0.3 is 5.97 Å². The maximum absolute atomic E-state index is 13.0. The van der Waals surface area contributed by atoms with Gasteiger partial charge in [-0.15, -0.1) is 23.1 Å². The molecule has 0 radical (unpaired) electrons. The van der Waals surface area contributed by atoms with Crippen LogP contribution in [0.25, 0.3) is 11.1 Å². The summed E-state index contributed by atoms with van der Waals surface area (Å²) in [5.74, 6) is -1.54. The predicted octanol–water partition coefficient (Wildman–Crippen LogP) is 0.252. The molecule has 1 saturated heterocycles. The first kappa shape index (κ1) is 23.7. The fourth-order valence-electron chi connectivity index (χ4n) is 4.06. The molecular formula is C21H20N7O6S2+. The Morgan fingerprint density at radius 2 is 2.25 bits per heavy atom. The number of nitrogens with one attached hydrogen (secondary N) is 1. The molecule has 13 nitrogen and oxygen atoms in total. The molecule has 15 heteroatoms. The number of nitrogen functional groups attached to an aromatic ring is 1. The Morgan fingerprint density at radius 3 is 2.94 bits per heavy atom. The molecule has 2 aliphatic heterocycles. The normalized spacial score (nSPS) is 19.8. The Labute approximate surface area is 211 Å². The highest BCUT2D eigenvalue weighted by molar-refractivity contribution is 8.00. The standard InChI is InChI=1S/C21H19N7O6S2/c1-9-23-11-6-27(4-3-13(11)34-9)5-10-7-35-19-15(18(30)28(19)16(10)20(31)32)25-17(29)14(26-33-2)12-8-36-21(22)24-12/h3-4,6,8,15,19H,5,7H2,1-2H3,(H3-,22,24,25,29,31,32)/p+1/b26-14-/t15-,19-/m1/s1. The molecule has 3 aromatic rings. The van der Waals surface area contributed by atoms with Crippen LogP contribution < -0.4 is 15.6 Å². The highest BCUT2D eigenvalue weighted by Crippen LogP contribution is 2.40. The molecule has 0 aromatic carbocycles. The SMILES string of the molecule is CO/N=C(\C(=O)N[C@@H]1C(=O)N2C(C(=O)O)=C(C[n+]3ccc4oc(C)nc4c3)CS[C@H]12)c1csc(N)n1. The number of oxazole rings is 1. The van der Waals surface area contributed by atoms with Gasteiger partial charge < -0.3 is 25.4 Å². The first-order valence-corrected chi connectivity index (χ1v) is 12.5. The van der Waals surface area contributed by atoms with E-state index in [9.17, 15) is 19.5 Å². The Kier molecular flexibility index (Phi) is 6.09. The summed E-state index contributed by atoms with van der Waals surface area (Å²) in [5.41, 5.74) is 7.47. The number of oxime groups is 1. The van der Waals surface area contributed by atoms with Gasteiger partial charge in [0.2, 0.25) is 0 Å². The molecule has 36 heavy (non-hydrogen) atoms. The van der Waals surface area contributed by atoms with E-state index in [2.05, 4.69) is 20.4 Å². The number of nitrogens with zero attached hydrogens (tertiary/aromatic N) is 5. The van der Waals surface area contributed by atoms with Crippen molar-refractivity contribution in [1.82, 2.24) is 20.2 Å². The Morgan fingerprint density at radius 1 is 1.44 bits per heavy atom. The fraction of sp³-hybridized carbons (Fsp3) is 0.286. The molecule has 5 heterocycles. The molecule has 186 valence electrons. The van der Waals surface area contributed by atoms with E-state index in [1.54, 1.807) is 35.3 Å². The van der Waals surface area contributed by atoms with Crippen molar-refractivity contribution < 1.29 is 33.3 Å². The second kappa shape index (κ2) is 9.23. The molecule has 0 spiro atoms. The summed E-state index contributed by atoms with van der Waals surface area (Å²) in [6.45, 7) is 1.99. The Hall–Kier alpha value is -3.98. The van der Waals surface area contributed by atoms with Crippen molar-refractivity contribution in [3.8, 4) is 0 Å². The number of fused-ring (bicyclic) bond motifs is 2. The number of amides is 2. The van der Waals surface area contributed by atoms with Gasteiger partial charge in [-0.1, -0.05) is 5.16 Å². The molecule has 0 bridgehead atoms. The van der Waals surface area contributed by atoms with Crippen LogP contribution in [0.1, 0.15) is 11.6 Å². The van der Waals surface area contributed by atoms with Gasteiger partial charge in [-0.25, -0.2) is 14.8 Å². The summed E-state index contributed by atoms with van der Waals surface area (Å²) in [7, 11) is 1.28. The topological polar surface area (TPSA) is 177 Å². The second-order valence-corrected chi connectivity index (χ2v) is 9.91. The van der Waals surface area contributed by atoms with Crippen molar-refractivity contribution in [2.75, 3.05) is 18.6 Å². The summed E-state index contributed by atoms with van der Waals surface area (Å²) >= 11 is 2.49. The largest absolute Gasteiger partial charge is 0.477 e. The summed E-state index contributed by atoms with van der Waals surface area (Å²) < 4.78 is 7.28. The molecule has 5 rings (SSSR count). The predicted molar refractivity (Wildman–Crippen MR) is 129 cm³/mol. The third kappa shape index (κ3) is 4.15. The molecular weight excluding hydrogens is 510 g/mol. The van der Waals surface area contributed by atoms with E-state index in [-0.39, 0.29) is 28.8 Å². The van der Waals surface area contributed by atoms with E-state index in [0.717, 1.165) is 11.3 Å². The lowest BCUT2D eigenvalue weighted by Gasteiger charge is -2.49. The van der Waals surface area contributed by atoms with Gasteiger partial charge in [0, 0.05) is 29.7 Å². The van der Waals surface area contributed by atoms with Crippen molar-refractivity contribution in [3.05, 3.63) is 46.7 Å². The minimum Gasteiger partial charge on any atom is -0.477 e. The first-order valence-electron chi connectivity index (χ1n) is 10.6. The van der Waals surface area contributed by atoms with Gasteiger partial charge in [-0.2, -0.15) is 4.57 Å². The number of carbonyl (C=O) groups is 3. The molecule has 2 aliphatic rings. The number of carboxylic acid groups (broad SMARTS) is 1. The number of carbonyl (C=O) groups excluding carboxylic acids is 2. The van der Waals surface area contributed by atoms with Crippen LogP contribution in [0.4, 0.5) is 5.13 Å². The number of anilines is 1. The summed E-state index contributed by atoms with van der Waals surface area (Å²) in [5, 5.41) is 17.5. The van der Waals surface area contributed by atoms with E-state index in [1.165, 1.54) is 23.8 Å². The number of rotatable bonds is 7. The number of nitrogens with two attached hydrogens (primary N) is 1. The van der Waals surface area contributed by atoms with Crippen LogP contribution in [0.15, 0.2) is 44.7 Å². The number of aryl methyl sites for hydroxylation is 1. The number of thioether (sulfide) groups is 1. The van der Waals surface area contributed by atoms with Crippen LogP contribution in [0.5, 0.6) is 0 Å². The minimum absolute atomic E-state index is 0.0868. The van der Waals surface area contributed by atoms with E-state index < -0.39 is 29.2 Å². The number of β-lactam (4-membered cyclic amide) rings is 1. The van der Waals surface area contributed by atoms with E-state index in [0.29, 0.717) is 28.3 Å². The molecule has 0 saturated carbocycles. The smallest absolute Gasteiger partial charge is 0.352 e. The van der Waals surface area contributed by atoms with Crippen molar-refractivity contribution in [3.63, 3.8) is 0 Å². The molecule has 1 fully saturated rings. The lowest BCUT2D eigenvalue weighted by atomic mass is 10.0. The molecule has 2 atom stereocenters. The lowest BCUT2D eigenvalue weighted by Crippen LogP contribution is -2.71. The van der Waals surface area contributed by atoms with Crippen LogP contribution in [0, 0.1) is 6.92 Å². The highest BCUT2D eigenvalue weighted by Gasteiger charge is 2.54. The monoisotopic (exact) mass is 530 g/mol. The number of aromatic nitrogens is 3. The maximum Gasteiger partial charge on any atom is 0.352 e. The van der Waals surface area contributed by atoms with Gasteiger partial charge in [0.05, 0.1) is 0 Å². The second-order valence-electron chi connectivity index (χ2n) is 7.91. The third-order valence-corrected chi connectivity index (χ3v) is 7.58. The van der Waals surface area contributed by atoms with Crippen LogP contribution in [-0.2, 0) is 25.8 Å². The Bertz CT molecular complexity index is 1460. The average Bonchev–Trinajstić information content (AvgIpc) is 3.44. The van der Waals surface area contributed by atoms with Crippen molar-refractivity contribution in [1.29, 1.82) is 0 Å². The average molecular weight is 531 g/mol. The summed E-state index contributed by atoms with van der Waals surface area (Å²) in [6, 6.07) is 0.823. The Balaban J connectivity index is 1.36. The lowest BCUT2D eigenvalue weighted by molar-refractivity contribution is -0.687. The minimum atomic E-state index is -1.22. The zero-order chi connectivity index (χ0) is 25.6. The van der Waals surface area contributed by atoms with Gasteiger partial charge in [-0.05, 0) is 0 Å². The van der Waals surface area contributed by atoms with E-state index >= 15 is 0 Å². The molecule has 4 N–H and O–H groups in total. The van der Waals surface area contributed by atoms with Crippen molar-refractivity contribution >= 4 is 62.8 Å². The quantitative estimate of drug-likeness (QED) is 0.166. The number of hydrogen-bond acceptors (Lipinski definition) is 11. The van der Waals surface area contributed by atoms with Crippen LogP contribution in [0.2, 0.25) is 0 Å². The molecule has 2 amide bonds. The van der Waals surface area contributed by atoms with Gasteiger partial charge in [-0.3, -0.25) is 14.5 Å². The fourth-order valence-corrected chi connectivity index (χ4v) is 5.94. The molecule has 0 aliphatic carbocycles. The number of carboxylic acids is 1. The summed E-state index contributed by atoms with van der Waals surface area (Å²) in [4.78, 5) is 52.4. The number of thiazole rings is 1. The van der Waals surface area contributed by atoms with E-state index in [4.69, 9.17) is 15.0 Å². The van der Waals surface area contributed by atoms with Gasteiger partial charge in [0.15, 0.2) is 46.8 Å². The van der Waals surface area contributed by atoms with Gasteiger partial charge in [0.25, 0.3) is 11.8 Å². The van der Waals surface area contributed by atoms with Crippen molar-refractivity contribution in [2.24, 2.45) is 5.16 Å². The van der Waals surface area contributed by atoms with E-state index in [1.807, 2.05) is 0 Å². The highest BCUT2D eigenvalue weighted by atomic mass is 32.2. The van der Waals surface area contributed by atoms with Crippen molar-refractivity contribution in [2.45, 2.75) is 24.9 Å². The maximum atomic E-state index is 13.0. The van der Waals surface area contributed by atoms with Crippen LogP contribution >= 0.6 is 23.1 Å². The number of hydrogen-bond donors (Lipinski definition) is 3. The number of aliphatic carboxylic acids is 1. The zero-order valence-corrected chi connectivity index (χ0v) is 20.6. The number of pyridine rings is 1. The first-order chi connectivity index (χ1) is 17.3. The molecule has 3 aromatic heterocycles.